The summed E-state index contributed by atoms with van der Waals surface area (Å²) >= 11 is 2.74. The Morgan fingerprint density at radius 3 is 3.00 bits per heavy atom. The van der Waals surface area contributed by atoms with Gasteiger partial charge in [0.25, 0.3) is 5.22 Å². The van der Waals surface area contributed by atoms with Gasteiger partial charge < -0.3 is 9.73 Å². The summed E-state index contributed by atoms with van der Waals surface area (Å²) in [6.45, 7) is 1.72. The van der Waals surface area contributed by atoms with Gasteiger partial charge in [-0.1, -0.05) is 17.8 Å². The third-order valence-electron chi connectivity index (χ3n) is 2.46. The number of benzene rings is 1. The Labute approximate surface area is 130 Å². The molecule has 0 aliphatic heterocycles. The lowest BCUT2D eigenvalue weighted by atomic mass is 10.3. The second kappa shape index (κ2) is 7.46. The summed E-state index contributed by atoms with van der Waals surface area (Å²) in [5, 5.41) is 10.3. The smallest absolute Gasteiger partial charge is 0.277 e. The van der Waals surface area contributed by atoms with E-state index in [0.717, 1.165) is 0 Å². The highest BCUT2D eigenvalue weighted by Crippen LogP contribution is 2.24. The Morgan fingerprint density at radius 2 is 2.29 bits per heavy atom. The summed E-state index contributed by atoms with van der Waals surface area (Å²) in [5.74, 6) is 0.516. The average molecular weight is 327 g/mol. The van der Waals surface area contributed by atoms with Crippen LogP contribution < -0.4 is 5.32 Å². The van der Waals surface area contributed by atoms with Crippen molar-refractivity contribution in [3.05, 3.63) is 36.0 Å². The van der Waals surface area contributed by atoms with Gasteiger partial charge in [0.15, 0.2) is 0 Å². The quantitative estimate of drug-likeness (QED) is 0.822. The van der Waals surface area contributed by atoms with Crippen LogP contribution in [0.5, 0.6) is 0 Å². The molecule has 0 spiro atoms. The summed E-state index contributed by atoms with van der Waals surface area (Å²) < 4.78 is 18.4. The normalized spacial score (nSPS) is 12.1. The average Bonchev–Trinajstić information content (AvgIpc) is 2.86. The number of halogens is 1. The van der Waals surface area contributed by atoms with Gasteiger partial charge in [0.1, 0.15) is 5.82 Å². The molecule has 0 bridgehead atoms. The minimum atomic E-state index is -0.434. The van der Waals surface area contributed by atoms with E-state index in [-0.39, 0.29) is 5.91 Å². The minimum absolute atomic E-state index is 0.254. The van der Waals surface area contributed by atoms with Crippen molar-refractivity contribution < 1.29 is 13.6 Å². The fourth-order valence-corrected chi connectivity index (χ4v) is 2.55. The maximum atomic E-state index is 13.0. The van der Waals surface area contributed by atoms with Crippen LogP contribution in [0.15, 0.2) is 33.9 Å². The number of rotatable bonds is 6. The number of nitrogens with zero attached hydrogens (tertiary/aromatic N) is 2. The van der Waals surface area contributed by atoms with Crippen LogP contribution in [0.4, 0.5) is 10.1 Å². The molecule has 112 valence electrons. The highest BCUT2D eigenvalue weighted by molar-refractivity contribution is 8.00. The fourth-order valence-electron chi connectivity index (χ4n) is 1.48. The van der Waals surface area contributed by atoms with Crippen LogP contribution in [-0.4, -0.2) is 27.6 Å². The lowest BCUT2D eigenvalue weighted by Gasteiger charge is -2.09. The molecule has 8 heteroatoms. The number of hydrogen-bond acceptors (Lipinski definition) is 6. The lowest BCUT2D eigenvalue weighted by Crippen LogP contribution is -2.22. The molecule has 1 atom stereocenters. The van der Waals surface area contributed by atoms with Crippen LogP contribution in [0, 0.1) is 5.82 Å². The van der Waals surface area contributed by atoms with Crippen molar-refractivity contribution in [1.29, 1.82) is 0 Å². The van der Waals surface area contributed by atoms with Crippen molar-refractivity contribution in [2.45, 2.75) is 23.1 Å². The molecule has 0 saturated heterocycles. The molecule has 0 radical (unpaired) electrons. The number of amides is 1. The van der Waals surface area contributed by atoms with Gasteiger partial charge in [0.05, 0.1) is 11.0 Å². The van der Waals surface area contributed by atoms with Gasteiger partial charge in [-0.25, -0.2) is 4.39 Å². The third-order valence-corrected chi connectivity index (χ3v) is 3.92. The maximum Gasteiger partial charge on any atom is 0.277 e. The van der Waals surface area contributed by atoms with Crippen molar-refractivity contribution in [1.82, 2.24) is 10.2 Å². The van der Waals surface area contributed by atoms with Gasteiger partial charge in [0, 0.05) is 5.69 Å². The Morgan fingerprint density at radius 1 is 1.48 bits per heavy atom. The molecule has 1 aromatic carbocycles. The lowest BCUT2D eigenvalue weighted by molar-refractivity contribution is -0.115. The Bertz CT molecular complexity index is 621. The number of anilines is 1. The highest BCUT2D eigenvalue weighted by Gasteiger charge is 2.18. The second-order valence-electron chi connectivity index (χ2n) is 4.15. The zero-order chi connectivity index (χ0) is 15.2. The first-order valence-corrected chi connectivity index (χ1v) is 8.40. The van der Waals surface area contributed by atoms with E-state index in [1.54, 1.807) is 24.8 Å². The van der Waals surface area contributed by atoms with E-state index >= 15 is 0 Å². The van der Waals surface area contributed by atoms with Crippen molar-refractivity contribution in [3.8, 4) is 0 Å². The fraction of sp³-hybridized carbons (Fsp3) is 0.308. The molecular weight excluding hydrogens is 313 g/mol. The van der Waals surface area contributed by atoms with E-state index in [0.29, 0.717) is 22.6 Å². The van der Waals surface area contributed by atoms with Crippen LogP contribution in [0.1, 0.15) is 12.8 Å². The number of hydrogen-bond donors (Lipinski definition) is 1. The van der Waals surface area contributed by atoms with E-state index in [1.165, 1.54) is 30.0 Å². The van der Waals surface area contributed by atoms with E-state index in [1.807, 2.05) is 6.26 Å². The molecule has 1 N–H and O–H groups in total. The van der Waals surface area contributed by atoms with E-state index in [4.69, 9.17) is 4.42 Å². The molecule has 0 saturated carbocycles. The largest absolute Gasteiger partial charge is 0.415 e. The predicted molar refractivity (Wildman–Crippen MR) is 81.9 cm³/mol. The van der Waals surface area contributed by atoms with Crippen LogP contribution in [-0.2, 0) is 10.5 Å². The summed E-state index contributed by atoms with van der Waals surface area (Å²) in [6, 6.07) is 5.75. The van der Waals surface area contributed by atoms with Gasteiger partial charge in [-0.3, -0.25) is 4.79 Å². The summed E-state index contributed by atoms with van der Waals surface area (Å²) in [6.07, 6.45) is 1.94. The van der Waals surface area contributed by atoms with Gasteiger partial charge in [0.2, 0.25) is 11.8 Å². The Balaban J connectivity index is 1.92. The third kappa shape index (κ3) is 4.75. The molecule has 0 aliphatic carbocycles. The van der Waals surface area contributed by atoms with E-state index in [9.17, 15) is 9.18 Å². The van der Waals surface area contributed by atoms with Gasteiger partial charge in [-0.15, -0.1) is 10.2 Å². The molecule has 1 amide bonds. The molecule has 1 unspecified atom stereocenters. The molecular formula is C13H14FN3O2S2. The van der Waals surface area contributed by atoms with Crippen LogP contribution in [0.2, 0.25) is 0 Å². The Hall–Kier alpha value is -1.54. The van der Waals surface area contributed by atoms with Crippen LogP contribution >= 0.6 is 23.5 Å². The zero-order valence-electron chi connectivity index (χ0n) is 11.5. The number of nitrogens with one attached hydrogen (secondary N) is 1. The van der Waals surface area contributed by atoms with Gasteiger partial charge in [-0.2, -0.15) is 11.8 Å². The molecule has 5 nitrogen and oxygen atoms in total. The maximum absolute atomic E-state index is 13.0. The highest BCUT2D eigenvalue weighted by atomic mass is 32.2. The summed E-state index contributed by atoms with van der Waals surface area (Å²) in [5.41, 5.74) is 0.418. The molecule has 2 aromatic rings. The first kappa shape index (κ1) is 15.8. The SMILES string of the molecule is CSCc1nnc(SC(C)C(=O)Nc2cccc(F)c2)o1. The summed E-state index contributed by atoms with van der Waals surface area (Å²) in [7, 11) is 0. The first-order valence-electron chi connectivity index (χ1n) is 6.13. The van der Waals surface area contributed by atoms with Crippen LogP contribution in [0.3, 0.4) is 0 Å². The monoisotopic (exact) mass is 327 g/mol. The van der Waals surface area contributed by atoms with Crippen molar-refractivity contribution in [3.63, 3.8) is 0 Å². The Kier molecular flexibility index (Phi) is 5.63. The first-order chi connectivity index (χ1) is 10.1. The molecule has 1 aromatic heterocycles. The van der Waals surface area contributed by atoms with Crippen molar-refractivity contribution in [2.24, 2.45) is 0 Å². The molecule has 21 heavy (non-hydrogen) atoms. The standard InChI is InChI=1S/C13H14FN3O2S2/c1-8(21-13-17-16-11(19-13)7-20-2)12(18)15-10-5-3-4-9(14)6-10/h3-6,8H,7H2,1-2H3,(H,15,18). The second-order valence-corrected chi connectivity index (χ2v) is 6.31. The molecule has 2 rings (SSSR count). The number of aromatic nitrogens is 2. The van der Waals surface area contributed by atoms with Gasteiger partial charge >= 0.3 is 0 Å². The van der Waals surface area contributed by atoms with E-state index < -0.39 is 11.1 Å². The molecule has 0 fully saturated rings. The summed E-state index contributed by atoms with van der Waals surface area (Å²) in [4.78, 5) is 12.0. The predicted octanol–water partition coefficient (Wildman–Crippen LogP) is 3.19. The van der Waals surface area contributed by atoms with Crippen molar-refractivity contribution >= 4 is 35.1 Å². The topological polar surface area (TPSA) is 68.0 Å². The number of thioether (sulfide) groups is 2. The van der Waals surface area contributed by atoms with Crippen molar-refractivity contribution in [2.75, 3.05) is 11.6 Å². The number of carbonyl (C=O) groups excluding carboxylic acids is 1. The van der Waals surface area contributed by atoms with Crippen LogP contribution in [0.25, 0.3) is 0 Å². The van der Waals surface area contributed by atoms with E-state index in [2.05, 4.69) is 15.5 Å². The number of carbonyl (C=O) groups is 1. The molecule has 1 heterocycles. The zero-order valence-corrected chi connectivity index (χ0v) is 13.1. The molecule has 0 aliphatic rings. The minimum Gasteiger partial charge on any atom is -0.415 e. The van der Waals surface area contributed by atoms with Gasteiger partial charge in [-0.05, 0) is 31.4 Å².